The molecule has 0 saturated carbocycles. The van der Waals surface area contributed by atoms with Gasteiger partial charge in [0, 0.05) is 23.1 Å². The molecule has 0 bridgehead atoms. The van der Waals surface area contributed by atoms with E-state index in [1.807, 2.05) is 51.1 Å². The van der Waals surface area contributed by atoms with Gasteiger partial charge < -0.3 is 10.2 Å². The van der Waals surface area contributed by atoms with Gasteiger partial charge in [-0.05, 0) is 55.7 Å². The molecule has 1 atom stereocenters. The van der Waals surface area contributed by atoms with Crippen molar-refractivity contribution in [1.29, 1.82) is 0 Å². The van der Waals surface area contributed by atoms with Gasteiger partial charge in [-0.2, -0.15) is 0 Å². The van der Waals surface area contributed by atoms with Crippen molar-refractivity contribution in [2.24, 2.45) is 0 Å². The van der Waals surface area contributed by atoms with Crippen LogP contribution >= 0.6 is 23.2 Å². The number of nitrogens with zero attached hydrogens (tertiary/aromatic N) is 2. The van der Waals surface area contributed by atoms with E-state index in [1.165, 1.54) is 35.2 Å². The van der Waals surface area contributed by atoms with Crippen LogP contribution in [0.4, 0.5) is 5.69 Å². The van der Waals surface area contributed by atoms with Crippen LogP contribution in [0.15, 0.2) is 77.7 Å². The van der Waals surface area contributed by atoms with Gasteiger partial charge in [0.15, 0.2) is 0 Å². The summed E-state index contributed by atoms with van der Waals surface area (Å²) in [7, 11) is -4.21. The summed E-state index contributed by atoms with van der Waals surface area (Å²) < 4.78 is 28.8. The molecule has 3 rings (SSSR count). The number of nitrogens with one attached hydrogen (secondary N) is 1. The van der Waals surface area contributed by atoms with Crippen LogP contribution in [0.25, 0.3) is 0 Å². The lowest BCUT2D eigenvalue weighted by molar-refractivity contribution is -0.140. The van der Waals surface area contributed by atoms with Gasteiger partial charge in [-0.3, -0.25) is 13.9 Å². The van der Waals surface area contributed by atoms with Gasteiger partial charge in [0.2, 0.25) is 11.8 Å². The molecule has 0 radical (unpaired) electrons. The molecule has 0 spiro atoms. The summed E-state index contributed by atoms with van der Waals surface area (Å²) in [5, 5.41) is 3.37. The minimum atomic E-state index is -4.21. The molecular formula is C30H35Cl2N3O4S. The van der Waals surface area contributed by atoms with Gasteiger partial charge in [-0.1, -0.05) is 91.5 Å². The molecule has 1 unspecified atom stereocenters. The van der Waals surface area contributed by atoms with Crippen molar-refractivity contribution >= 4 is 50.7 Å². The van der Waals surface area contributed by atoms with Crippen LogP contribution in [0, 0.1) is 6.92 Å². The molecule has 3 aromatic carbocycles. The van der Waals surface area contributed by atoms with Crippen LogP contribution in [0.1, 0.15) is 44.2 Å². The average Bonchev–Trinajstić information content (AvgIpc) is 2.91. The lowest BCUT2D eigenvalue weighted by Crippen LogP contribution is -2.52. The first-order chi connectivity index (χ1) is 19.1. The number of carbonyl (C=O) groups excluding carboxylic acids is 2. The molecule has 0 aliphatic rings. The third kappa shape index (κ3) is 8.22. The number of hydrogen-bond acceptors (Lipinski definition) is 4. The molecule has 0 heterocycles. The first-order valence-corrected chi connectivity index (χ1v) is 15.4. The first kappa shape index (κ1) is 31.5. The molecule has 40 heavy (non-hydrogen) atoms. The largest absolute Gasteiger partial charge is 0.354 e. The standard InChI is InChI=1S/C30H35Cl2N3O4S/c1-4-6-16-33-30(37)28(5-2)34(20-23-10-8-7-9-11-23)29(36)21-35(26-18-24(31)17-25(32)19-26)40(38,39)27-14-12-22(3)13-15-27/h7-15,17-19,28H,4-6,16,20-21H2,1-3H3,(H,33,37). The monoisotopic (exact) mass is 603 g/mol. The van der Waals surface area contributed by atoms with Crippen LogP contribution in [0.2, 0.25) is 10.0 Å². The van der Waals surface area contributed by atoms with Gasteiger partial charge in [-0.15, -0.1) is 0 Å². The van der Waals surface area contributed by atoms with Gasteiger partial charge in [0.05, 0.1) is 10.6 Å². The SMILES string of the molecule is CCCCNC(=O)C(CC)N(Cc1ccccc1)C(=O)CN(c1cc(Cl)cc(Cl)c1)S(=O)(=O)c1ccc(C)cc1. The number of halogens is 2. The van der Waals surface area contributed by atoms with E-state index in [9.17, 15) is 18.0 Å². The maximum absolute atomic E-state index is 14.0. The van der Waals surface area contributed by atoms with Crippen molar-refractivity contribution in [2.75, 3.05) is 17.4 Å². The highest BCUT2D eigenvalue weighted by Gasteiger charge is 2.33. The summed E-state index contributed by atoms with van der Waals surface area (Å²) in [5.74, 6) is -0.813. The lowest BCUT2D eigenvalue weighted by atomic mass is 10.1. The minimum Gasteiger partial charge on any atom is -0.354 e. The Labute approximate surface area is 247 Å². The Bertz CT molecular complexity index is 1380. The number of aryl methyl sites for hydroxylation is 1. The predicted molar refractivity (Wildman–Crippen MR) is 161 cm³/mol. The van der Waals surface area contributed by atoms with E-state index < -0.39 is 28.5 Å². The second-order valence-corrected chi connectivity index (χ2v) is 12.3. The molecule has 3 aromatic rings. The molecular weight excluding hydrogens is 569 g/mol. The van der Waals surface area contributed by atoms with E-state index in [1.54, 1.807) is 12.1 Å². The summed E-state index contributed by atoms with van der Waals surface area (Å²) in [6, 6.07) is 19.2. The van der Waals surface area contributed by atoms with Crippen molar-refractivity contribution in [3.63, 3.8) is 0 Å². The maximum atomic E-state index is 14.0. The van der Waals surface area contributed by atoms with Crippen molar-refractivity contribution in [3.05, 3.63) is 94.0 Å². The van der Waals surface area contributed by atoms with Crippen LogP contribution in [-0.4, -0.2) is 44.3 Å². The zero-order valence-electron chi connectivity index (χ0n) is 22.9. The number of benzene rings is 3. The molecule has 0 aromatic heterocycles. The highest BCUT2D eigenvalue weighted by atomic mass is 35.5. The van der Waals surface area contributed by atoms with Crippen LogP contribution in [0.3, 0.4) is 0 Å². The summed E-state index contributed by atoms with van der Waals surface area (Å²) in [6.07, 6.45) is 2.08. The smallest absolute Gasteiger partial charge is 0.264 e. The number of anilines is 1. The number of unbranched alkanes of at least 4 members (excludes halogenated alkanes) is 1. The van der Waals surface area contributed by atoms with E-state index in [-0.39, 0.29) is 33.1 Å². The normalized spacial score (nSPS) is 12.0. The van der Waals surface area contributed by atoms with Crippen LogP contribution < -0.4 is 9.62 Å². The molecule has 7 nitrogen and oxygen atoms in total. The lowest BCUT2D eigenvalue weighted by Gasteiger charge is -2.33. The highest BCUT2D eigenvalue weighted by molar-refractivity contribution is 7.92. The molecule has 2 amide bonds. The molecule has 0 fully saturated rings. The summed E-state index contributed by atoms with van der Waals surface area (Å²) in [4.78, 5) is 28.7. The van der Waals surface area contributed by atoms with Gasteiger partial charge in [-0.25, -0.2) is 8.42 Å². The summed E-state index contributed by atoms with van der Waals surface area (Å²) in [5.41, 5.74) is 1.85. The average molecular weight is 605 g/mol. The molecule has 0 aliphatic carbocycles. The predicted octanol–water partition coefficient (Wildman–Crippen LogP) is 6.22. The Kier molecular flexibility index (Phi) is 11.4. The zero-order chi connectivity index (χ0) is 29.3. The Morgan fingerprint density at radius 2 is 1.55 bits per heavy atom. The first-order valence-electron chi connectivity index (χ1n) is 13.2. The third-order valence-electron chi connectivity index (χ3n) is 6.43. The fourth-order valence-corrected chi connectivity index (χ4v) is 6.17. The summed E-state index contributed by atoms with van der Waals surface area (Å²) >= 11 is 12.5. The zero-order valence-corrected chi connectivity index (χ0v) is 25.3. The van der Waals surface area contributed by atoms with Crippen molar-refractivity contribution in [2.45, 2.75) is 57.5 Å². The fourth-order valence-electron chi connectivity index (χ4n) is 4.26. The van der Waals surface area contributed by atoms with Crippen molar-refractivity contribution in [1.82, 2.24) is 10.2 Å². The van der Waals surface area contributed by atoms with Crippen LogP contribution in [0.5, 0.6) is 0 Å². The Morgan fingerprint density at radius 3 is 2.12 bits per heavy atom. The Balaban J connectivity index is 2.05. The highest BCUT2D eigenvalue weighted by Crippen LogP contribution is 2.30. The van der Waals surface area contributed by atoms with E-state index in [0.29, 0.717) is 13.0 Å². The van der Waals surface area contributed by atoms with E-state index in [0.717, 1.165) is 28.3 Å². The second kappa shape index (κ2) is 14.5. The van der Waals surface area contributed by atoms with E-state index >= 15 is 0 Å². The van der Waals surface area contributed by atoms with Gasteiger partial charge >= 0.3 is 0 Å². The number of carbonyl (C=O) groups is 2. The minimum absolute atomic E-state index is 0.0148. The quantitative estimate of drug-likeness (QED) is 0.235. The molecule has 0 saturated heterocycles. The molecule has 1 N–H and O–H groups in total. The number of amides is 2. The van der Waals surface area contributed by atoms with Crippen molar-refractivity contribution < 1.29 is 18.0 Å². The molecule has 214 valence electrons. The van der Waals surface area contributed by atoms with Gasteiger partial charge in [0.25, 0.3) is 10.0 Å². The molecule has 10 heteroatoms. The van der Waals surface area contributed by atoms with Gasteiger partial charge in [0.1, 0.15) is 12.6 Å². The topological polar surface area (TPSA) is 86.8 Å². The third-order valence-corrected chi connectivity index (χ3v) is 8.66. The Hall–Kier alpha value is -3.07. The fraction of sp³-hybridized carbons (Fsp3) is 0.333. The van der Waals surface area contributed by atoms with E-state index in [2.05, 4.69) is 5.32 Å². The van der Waals surface area contributed by atoms with E-state index in [4.69, 9.17) is 23.2 Å². The van der Waals surface area contributed by atoms with Crippen molar-refractivity contribution in [3.8, 4) is 0 Å². The number of rotatable bonds is 13. The second-order valence-electron chi connectivity index (χ2n) is 9.53. The summed E-state index contributed by atoms with van der Waals surface area (Å²) in [6.45, 7) is 5.78. The number of sulfonamides is 1. The van der Waals surface area contributed by atoms with Crippen LogP contribution in [-0.2, 0) is 26.2 Å². The Morgan fingerprint density at radius 1 is 0.925 bits per heavy atom. The number of hydrogen-bond donors (Lipinski definition) is 1. The maximum Gasteiger partial charge on any atom is 0.264 e. The molecule has 0 aliphatic heterocycles.